The Morgan fingerprint density at radius 3 is 2.19 bits per heavy atom. The van der Waals surface area contributed by atoms with Crippen molar-refractivity contribution in [2.75, 3.05) is 32.8 Å². The lowest BCUT2D eigenvalue weighted by Crippen LogP contribution is -2.36. The number of hydroxylamine groups is 1. The number of hydrogen-bond donors (Lipinski definition) is 1. The molecule has 17 heteroatoms. The average molecular weight is 565 g/mol. The van der Waals surface area contributed by atoms with Crippen LogP contribution in [0.1, 0.15) is 0 Å². The lowest BCUT2D eigenvalue weighted by molar-refractivity contribution is -0.219. The lowest BCUT2D eigenvalue weighted by Gasteiger charge is -2.19. The monoisotopic (exact) mass is 564 g/mol. The number of fused-ring (bicyclic) bond motifs is 1. The molecule has 0 spiro atoms. The fourth-order valence-corrected chi connectivity index (χ4v) is 4.86. The van der Waals surface area contributed by atoms with Crippen LogP contribution in [0.15, 0.2) is 46.5 Å². The molecule has 3 rings (SSSR count). The van der Waals surface area contributed by atoms with E-state index in [-0.39, 0.29) is 20.9 Å². The number of ether oxygens (including phenoxy) is 2. The van der Waals surface area contributed by atoms with Gasteiger partial charge >= 0.3 is 12.1 Å². The van der Waals surface area contributed by atoms with Crippen LogP contribution in [-0.4, -0.2) is 70.9 Å². The number of aromatic nitrogens is 2. The van der Waals surface area contributed by atoms with Crippen molar-refractivity contribution in [2.24, 2.45) is 0 Å². The molecule has 1 N–H and O–H groups in total. The first-order valence-corrected chi connectivity index (χ1v) is 13.2. The molecule has 0 saturated carbocycles. The van der Waals surface area contributed by atoms with Gasteiger partial charge < -0.3 is 19.6 Å². The number of sulfonamides is 1. The Labute approximate surface area is 208 Å². The second kappa shape index (κ2) is 9.98. The van der Waals surface area contributed by atoms with E-state index in [4.69, 9.17) is 9.47 Å². The van der Waals surface area contributed by atoms with Crippen LogP contribution in [0.3, 0.4) is 0 Å². The van der Waals surface area contributed by atoms with Crippen LogP contribution in [0.25, 0.3) is 10.9 Å². The van der Waals surface area contributed by atoms with Gasteiger partial charge in [-0.25, -0.2) is 31.6 Å². The van der Waals surface area contributed by atoms with Gasteiger partial charge in [0, 0.05) is 24.8 Å². The van der Waals surface area contributed by atoms with E-state index in [0.717, 1.165) is 30.8 Å². The van der Waals surface area contributed by atoms with Gasteiger partial charge in [0.1, 0.15) is 12.1 Å². The van der Waals surface area contributed by atoms with E-state index >= 15 is 0 Å². The van der Waals surface area contributed by atoms with Gasteiger partial charge in [0.15, 0.2) is 21.3 Å². The van der Waals surface area contributed by atoms with Gasteiger partial charge in [-0.1, -0.05) is 0 Å². The maximum Gasteiger partial charge on any atom is 0.492 e. The maximum absolute atomic E-state index is 12.8. The molecule has 0 saturated heterocycles. The van der Waals surface area contributed by atoms with Crippen LogP contribution in [0.4, 0.5) is 24.7 Å². The number of sulfone groups is 1. The molecule has 0 unspecified atom stereocenters. The Bertz CT molecular complexity index is 1580. The minimum atomic E-state index is -5.45. The number of nitrogens with zero attached hydrogens (tertiary/aromatic N) is 3. The van der Waals surface area contributed by atoms with Gasteiger partial charge in [0.2, 0.25) is 0 Å². The molecule has 12 nitrogen and oxygen atoms in total. The van der Waals surface area contributed by atoms with Gasteiger partial charge in [-0.2, -0.15) is 13.2 Å². The normalized spacial score (nSPS) is 12.4. The molecule has 37 heavy (non-hydrogen) atoms. The fourth-order valence-electron chi connectivity index (χ4n) is 3.07. The lowest BCUT2D eigenvalue weighted by atomic mass is 10.2. The Hall–Kier alpha value is -3.70. The predicted molar refractivity (Wildman–Crippen MR) is 123 cm³/mol. The van der Waals surface area contributed by atoms with Gasteiger partial charge in [-0.05, 0) is 28.7 Å². The van der Waals surface area contributed by atoms with E-state index in [1.165, 1.54) is 26.4 Å². The third-order valence-electron chi connectivity index (χ3n) is 4.82. The molecule has 1 heterocycles. The van der Waals surface area contributed by atoms with Gasteiger partial charge in [0.05, 0.1) is 35.2 Å². The summed E-state index contributed by atoms with van der Waals surface area (Å²) in [5.41, 5.74) is 0.0764. The molecule has 0 fully saturated rings. The molecule has 200 valence electrons. The summed E-state index contributed by atoms with van der Waals surface area (Å²) in [5.74, 6) is -2.08. The number of carbonyl (C=O) groups excluding carboxylic acids is 1. The van der Waals surface area contributed by atoms with E-state index in [9.17, 15) is 34.8 Å². The van der Waals surface area contributed by atoms with Crippen molar-refractivity contribution < 1.29 is 49.1 Å². The van der Waals surface area contributed by atoms with E-state index in [1.54, 1.807) is 0 Å². The first-order valence-electron chi connectivity index (χ1n) is 9.85. The second-order valence-corrected chi connectivity index (χ2v) is 11.2. The fraction of sp³-hybridized carbons (Fsp3) is 0.250. The summed E-state index contributed by atoms with van der Waals surface area (Å²) < 4.78 is 98.1. The van der Waals surface area contributed by atoms with Gasteiger partial charge in [0.25, 0.3) is 10.0 Å². The zero-order valence-electron chi connectivity index (χ0n) is 19.5. The molecule has 2 aromatic carbocycles. The minimum absolute atomic E-state index is 0.0438. The Kier molecular flexibility index (Phi) is 7.52. The van der Waals surface area contributed by atoms with Crippen molar-refractivity contribution in [1.29, 1.82) is 0 Å². The number of carbonyl (C=O) groups is 1. The van der Waals surface area contributed by atoms with Crippen molar-refractivity contribution in [2.45, 2.75) is 16.0 Å². The molecule has 1 aromatic heterocycles. The number of benzene rings is 2. The number of nitrogens with one attached hydrogen (secondary N) is 1. The Morgan fingerprint density at radius 1 is 1.00 bits per heavy atom. The van der Waals surface area contributed by atoms with Crippen LogP contribution in [0.5, 0.6) is 11.5 Å². The van der Waals surface area contributed by atoms with Crippen LogP contribution in [0.2, 0.25) is 0 Å². The summed E-state index contributed by atoms with van der Waals surface area (Å²) in [6, 6.07) is 5.64. The quantitative estimate of drug-likeness (QED) is 0.401. The summed E-state index contributed by atoms with van der Waals surface area (Å²) in [7, 11) is -5.41. The average Bonchev–Trinajstić information content (AvgIpc) is 2.81. The topological polar surface area (TPSA) is 154 Å². The van der Waals surface area contributed by atoms with Crippen molar-refractivity contribution >= 4 is 48.2 Å². The van der Waals surface area contributed by atoms with E-state index in [1.807, 2.05) is 0 Å². The zero-order chi connectivity index (χ0) is 27.8. The first kappa shape index (κ1) is 27.9. The van der Waals surface area contributed by atoms with Crippen molar-refractivity contribution in [3.63, 3.8) is 0 Å². The first-order chi connectivity index (χ1) is 17.1. The van der Waals surface area contributed by atoms with E-state index in [0.29, 0.717) is 29.4 Å². The third kappa shape index (κ3) is 5.83. The number of alkyl halides is 3. The highest BCUT2D eigenvalue weighted by Crippen LogP contribution is 2.36. The standard InChI is InChI=1S/C20H19F3N4O8S2/c1-27(35-19(28)20(21,22)23)37(31,32)11-5-6-17(36(4,29)30)14(7-11)26-18-12-8-15(33-2)16(34-3)9-13(12)24-10-25-18/h5-10H,1-4H3,(H,24,25,26). The minimum Gasteiger partial charge on any atom is -0.493 e. The zero-order valence-corrected chi connectivity index (χ0v) is 21.2. The molecule has 0 radical (unpaired) electrons. The second-order valence-electron chi connectivity index (χ2n) is 7.29. The Morgan fingerprint density at radius 2 is 1.62 bits per heavy atom. The summed E-state index contributed by atoms with van der Waals surface area (Å²) in [6.45, 7) is 0. The van der Waals surface area contributed by atoms with Crippen molar-refractivity contribution in [3.8, 4) is 11.5 Å². The molecule has 0 aliphatic carbocycles. The van der Waals surface area contributed by atoms with Crippen molar-refractivity contribution in [1.82, 2.24) is 14.4 Å². The largest absolute Gasteiger partial charge is 0.493 e. The maximum atomic E-state index is 12.8. The van der Waals surface area contributed by atoms with Gasteiger partial charge in [-0.3, -0.25) is 0 Å². The molecule has 3 aromatic rings. The van der Waals surface area contributed by atoms with E-state index in [2.05, 4.69) is 20.1 Å². The summed E-state index contributed by atoms with van der Waals surface area (Å²) >= 11 is 0. The Balaban J connectivity index is 2.13. The highest BCUT2D eigenvalue weighted by Gasteiger charge is 2.44. The summed E-state index contributed by atoms with van der Waals surface area (Å²) in [4.78, 5) is 22.1. The molecule has 0 bridgehead atoms. The molecular weight excluding hydrogens is 545 g/mol. The molecule has 0 aliphatic heterocycles. The van der Waals surface area contributed by atoms with E-state index < -0.39 is 36.9 Å². The smallest absolute Gasteiger partial charge is 0.492 e. The predicted octanol–water partition coefficient (Wildman–Crippen LogP) is 2.44. The van der Waals surface area contributed by atoms with Crippen LogP contribution in [-0.2, 0) is 29.5 Å². The van der Waals surface area contributed by atoms with Crippen LogP contribution < -0.4 is 14.8 Å². The summed E-state index contributed by atoms with van der Waals surface area (Å²) in [6.07, 6.45) is -3.43. The molecular formula is C20H19F3N4O8S2. The number of methoxy groups -OCH3 is 2. The molecule has 0 atom stereocenters. The van der Waals surface area contributed by atoms with Crippen LogP contribution in [0, 0.1) is 0 Å². The van der Waals surface area contributed by atoms with Crippen LogP contribution >= 0.6 is 0 Å². The summed E-state index contributed by atoms with van der Waals surface area (Å²) in [5, 5.41) is 3.07. The third-order valence-corrected chi connectivity index (χ3v) is 7.58. The molecule has 0 amide bonds. The number of anilines is 2. The SMILES string of the molecule is COc1cc2ncnc(Nc3cc(S(=O)(=O)N(C)OC(=O)C(F)(F)F)ccc3S(C)(=O)=O)c2cc1OC. The number of hydrogen-bond acceptors (Lipinski definition) is 11. The number of rotatable bonds is 8. The highest BCUT2D eigenvalue weighted by atomic mass is 32.2. The van der Waals surface area contributed by atoms with Crippen molar-refractivity contribution in [3.05, 3.63) is 36.7 Å². The van der Waals surface area contributed by atoms with Gasteiger partial charge in [-0.15, -0.1) is 0 Å². The molecule has 0 aliphatic rings. The number of halogens is 3. The highest BCUT2D eigenvalue weighted by molar-refractivity contribution is 7.91.